The van der Waals surface area contributed by atoms with E-state index in [9.17, 15) is 0 Å². The van der Waals surface area contributed by atoms with Gasteiger partial charge in [-0.3, -0.25) is 0 Å². The summed E-state index contributed by atoms with van der Waals surface area (Å²) >= 11 is 0. The molecular weight excluding hydrogens is 234 g/mol. The van der Waals surface area contributed by atoms with Crippen LogP contribution in [0.2, 0.25) is 0 Å². The Morgan fingerprint density at radius 1 is 0.778 bits per heavy atom. The summed E-state index contributed by atoms with van der Waals surface area (Å²) in [4.78, 5) is 0. The van der Waals surface area contributed by atoms with Gasteiger partial charge in [0.05, 0.1) is 0 Å². The third-order valence-corrected chi connectivity index (χ3v) is 8.78. The molecule has 0 aromatic heterocycles. The van der Waals surface area contributed by atoms with Gasteiger partial charge in [-0.25, -0.2) is 0 Å². The van der Waals surface area contributed by atoms with Crippen molar-refractivity contribution in [3.8, 4) is 11.1 Å². The second-order valence-electron chi connectivity index (χ2n) is 6.01. The molecule has 0 unspecified atom stereocenters. The van der Waals surface area contributed by atoms with Crippen molar-refractivity contribution in [2.75, 3.05) is 0 Å². The molecule has 2 aromatic rings. The van der Waals surface area contributed by atoms with E-state index in [0.717, 1.165) is 0 Å². The van der Waals surface area contributed by atoms with Crippen LogP contribution in [-0.2, 0) is 0 Å². The zero-order valence-electron chi connectivity index (χ0n) is 11.3. The Balaban J connectivity index is 2.46. The van der Waals surface area contributed by atoms with Gasteiger partial charge in [-0.15, -0.1) is 0 Å². The zero-order chi connectivity index (χ0) is 13.0. The van der Waals surface area contributed by atoms with Crippen LogP contribution >= 0.6 is 6.75 Å². The molecule has 0 nitrogen and oxygen atoms in total. The predicted molar refractivity (Wildman–Crippen MR) is 85.0 cm³/mol. The average molecular weight is 252 g/mol. The fraction of sp³-hybridized carbons (Fsp3) is 0.250. The Morgan fingerprint density at radius 3 is 1.56 bits per heavy atom. The first kappa shape index (κ1) is 12.0. The molecule has 0 fully saturated rings. The molecule has 1 aliphatic rings. The molecule has 0 bridgehead atoms. The zero-order valence-corrected chi connectivity index (χ0v) is 12.2. The summed E-state index contributed by atoms with van der Waals surface area (Å²) in [6.07, 6.45) is 0. The summed E-state index contributed by atoms with van der Waals surface area (Å²) < 4.78 is 0. The summed E-state index contributed by atoms with van der Waals surface area (Å²) in [7, 11) is 4.73. The molecule has 0 saturated heterocycles. The van der Waals surface area contributed by atoms with Gasteiger partial charge in [0.15, 0.2) is 0 Å². The summed E-state index contributed by atoms with van der Waals surface area (Å²) in [6.45, 7) is 5.44. The quantitative estimate of drug-likeness (QED) is 0.498. The van der Waals surface area contributed by atoms with Gasteiger partial charge >= 0.3 is 110 Å². The van der Waals surface area contributed by atoms with Gasteiger partial charge in [0.1, 0.15) is 0 Å². The molecule has 0 amide bonds. The summed E-state index contributed by atoms with van der Waals surface area (Å²) in [6, 6.07) is 17.6. The van der Waals surface area contributed by atoms with Crippen LogP contribution in [-0.4, -0.2) is 12.3 Å². The van der Waals surface area contributed by atoms with Crippen molar-refractivity contribution >= 4 is 24.5 Å². The van der Waals surface area contributed by atoms with Crippen LogP contribution < -0.4 is 10.6 Å². The molecule has 18 heavy (non-hydrogen) atoms. The van der Waals surface area contributed by atoms with Gasteiger partial charge in [-0.2, -0.15) is 0 Å². The van der Waals surface area contributed by atoms with E-state index < -0.39 is 6.75 Å². The summed E-state index contributed by atoms with van der Waals surface area (Å²) in [5.74, 6) is 0. The van der Waals surface area contributed by atoms with E-state index in [4.69, 9.17) is 7.18 Å². The topological polar surface area (TPSA) is 0 Å². The van der Waals surface area contributed by atoms with E-state index in [0.29, 0.717) is 0 Å². The van der Waals surface area contributed by atoms with Crippen molar-refractivity contribution in [1.29, 1.82) is 0 Å². The molecule has 0 N–H and O–H groups in total. The van der Waals surface area contributed by atoms with Crippen LogP contribution in [0.5, 0.6) is 0 Å². The normalized spacial score (nSPS) is 16.1. The fourth-order valence-electron chi connectivity index (χ4n) is 2.92. The van der Waals surface area contributed by atoms with E-state index in [2.05, 4.69) is 69.3 Å². The maximum atomic E-state index is 4.73. The van der Waals surface area contributed by atoms with E-state index in [1.165, 1.54) is 21.7 Å². The molecular formula is C16H18BP. The van der Waals surface area contributed by atoms with Crippen LogP contribution in [0.3, 0.4) is 0 Å². The van der Waals surface area contributed by atoms with E-state index >= 15 is 0 Å². The van der Waals surface area contributed by atoms with Gasteiger partial charge in [0.2, 0.25) is 0 Å². The summed E-state index contributed by atoms with van der Waals surface area (Å²) in [5, 5.41) is 3.15. The molecule has 1 heterocycles. The Bertz CT molecular complexity index is 615. The van der Waals surface area contributed by atoms with Gasteiger partial charge < -0.3 is 0 Å². The van der Waals surface area contributed by atoms with Crippen molar-refractivity contribution < 1.29 is 0 Å². The first-order valence-corrected chi connectivity index (χ1v) is 8.37. The Kier molecular flexibility index (Phi) is 2.47. The van der Waals surface area contributed by atoms with Gasteiger partial charge in [-0.1, -0.05) is 0 Å². The molecule has 0 atom stereocenters. The molecule has 0 aliphatic carbocycles. The molecule has 0 radical (unpaired) electrons. The van der Waals surface area contributed by atoms with Gasteiger partial charge in [0.25, 0.3) is 0 Å². The Hall–Kier alpha value is -1.07. The van der Waals surface area contributed by atoms with Gasteiger partial charge in [-0.05, 0) is 0 Å². The first-order valence-electron chi connectivity index (χ1n) is 6.39. The average Bonchev–Trinajstić information content (AvgIpc) is 2.62. The van der Waals surface area contributed by atoms with Crippen molar-refractivity contribution in [2.24, 2.45) is 0 Å². The number of hydrogen-bond acceptors (Lipinski definition) is 0. The van der Waals surface area contributed by atoms with Crippen molar-refractivity contribution in [3.63, 3.8) is 0 Å². The maximum absolute atomic E-state index is 4.73. The third kappa shape index (κ3) is 1.37. The van der Waals surface area contributed by atoms with E-state index in [1.54, 1.807) is 0 Å². The molecule has 90 valence electrons. The molecule has 2 aromatic carbocycles. The van der Waals surface area contributed by atoms with Crippen molar-refractivity contribution in [3.05, 3.63) is 48.5 Å². The fourth-order valence-corrected chi connectivity index (χ4v) is 6.52. The van der Waals surface area contributed by atoms with Crippen molar-refractivity contribution in [1.82, 2.24) is 0 Å². The minimum absolute atomic E-state index is 0.204. The Morgan fingerprint density at radius 2 is 1.17 bits per heavy atom. The monoisotopic (exact) mass is 252 g/mol. The first-order chi connectivity index (χ1) is 8.46. The third-order valence-electron chi connectivity index (χ3n) is 4.07. The molecule has 0 spiro atoms. The second-order valence-corrected chi connectivity index (χ2v) is 9.94. The molecule has 0 saturated carbocycles. The van der Waals surface area contributed by atoms with Crippen LogP contribution in [0.1, 0.15) is 20.8 Å². The van der Waals surface area contributed by atoms with Crippen molar-refractivity contribution in [2.45, 2.75) is 25.9 Å². The minimum atomic E-state index is -1.53. The number of rotatable bonds is 0. The SMILES string of the molecule is B=P1(C(C)(C)C)c2ccccc2-c2ccccc21. The molecule has 3 rings (SSSR count). The standard InChI is InChI=1S/C16H18BP/c1-16(2,3)18(17)14-10-6-4-8-12(14)13-9-5-7-11-15(13)18/h4-11,17H,1-3H3. The Labute approximate surface area is 110 Å². The molecule has 2 heteroatoms. The van der Waals surface area contributed by atoms with E-state index in [-0.39, 0.29) is 5.16 Å². The number of fused-ring (bicyclic) bond motifs is 3. The van der Waals surface area contributed by atoms with Crippen LogP contribution in [0.15, 0.2) is 48.5 Å². The van der Waals surface area contributed by atoms with Gasteiger partial charge in [0, 0.05) is 0 Å². The van der Waals surface area contributed by atoms with Crippen LogP contribution in [0.25, 0.3) is 11.1 Å². The van der Waals surface area contributed by atoms with Crippen LogP contribution in [0, 0.1) is 0 Å². The number of benzene rings is 2. The van der Waals surface area contributed by atoms with Crippen LogP contribution in [0.4, 0.5) is 0 Å². The predicted octanol–water partition coefficient (Wildman–Crippen LogP) is 3.25. The second kappa shape index (κ2) is 3.71. The molecule has 1 aliphatic heterocycles. The summed E-state index contributed by atoms with van der Waals surface area (Å²) in [5.41, 5.74) is 2.79. The van der Waals surface area contributed by atoms with E-state index in [1.807, 2.05) is 0 Å². The number of hydrogen-bond donors (Lipinski definition) is 0.